The largest absolute Gasteiger partial charge is 0.337 e. The van der Waals surface area contributed by atoms with E-state index in [-0.39, 0.29) is 11.9 Å². The van der Waals surface area contributed by atoms with Gasteiger partial charge < -0.3 is 9.42 Å². The lowest BCUT2D eigenvalue weighted by atomic mass is 10.0. The smallest absolute Gasteiger partial charge is 0.249 e. The number of alkyl halides is 1. The molecule has 1 amide bonds. The van der Waals surface area contributed by atoms with Crippen molar-refractivity contribution in [1.82, 2.24) is 15.0 Å². The minimum Gasteiger partial charge on any atom is -0.337 e. The molecule has 2 atom stereocenters. The van der Waals surface area contributed by atoms with Gasteiger partial charge in [-0.05, 0) is 50.5 Å². The van der Waals surface area contributed by atoms with Crippen LogP contribution in [0.25, 0.3) is 11.4 Å². The SMILES string of the molecule is C[C@@H](Cl)C(=O)N1CCCC[C@H]1c1nc(-c2ccc(Cl)cc2)no1. The number of hydrogen-bond donors (Lipinski definition) is 0. The van der Waals surface area contributed by atoms with Gasteiger partial charge in [0, 0.05) is 17.1 Å². The van der Waals surface area contributed by atoms with E-state index in [1.165, 1.54) is 0 Å². The summed E-state index contributed by atoms with van der Waals surface area (Å²) in [5, 5.41) is 4.12. The summed E-state index contributed by atoms with van der Waals surface area (Å²) in [6.07, 6.45) is 2.78. The van der Waals surface area contributed by atoms with Gasteiger partial charge in [-0.3, -0.25) is 4.79 Å². The number of nitrogens with zero attached hydrogens (tertiary/aromatic N) is 3. The summed E-state index contributed by atoms with van der Waals surface area (Å²) < 4.78 is 5.42. The van der Waals surface area contributed by atoms with E-state index in [0.29, 0.717) is 23.3 Å². The molecular formula is C16H17Cl2N3O2. The Balaban J connectivity index is 1.85. The molecule has 0 N–H and O–H groups in total. The van der Waals surface area contributed by atoms with E-state index in [1.54, 1.807) is 24.0 Å². The summed E-state index contributed by atoms with van der Waals surface area (Å²) in [4.78, 5) is 18.5. The topological polar surface area (TPSA) is 59.2 Å². The van der Waals surface area contributed by atoms with E-state index in [0.717, 1.165) is 24.8 Å². The third-order valence-electron chi connectivity index (χ3n) is 3.96. The number of carbonyl (C=O) groups excluding carboxylic acids is 1. The second-order valence-electron chi connectivity index (χ2n) is 5.62. The van der Waals surface area contributed by atoms with Gasteiger partial charge in [0.15, 0.2) is 0 Å². The molecule has 1 aliphatic heterocycles. The number of carbonyl (C=O) groups is 1. The van der Waals surface area contributed by atoms with Crippen molar-refractivity contribution in [3.63, 3.8) is 0 Å². The first kappa shape index (κ1) is 16.3. The monoisotopic (exact) mass is 353 g/mol. The minimum atomic E-state index is -0.561. The van der Waals surface area contributed by atoms with Crippen LogP contribution in [0, 0.1) is 0 Å². The van der Waals surface area contributed by atoms with E-state index in [4.69, 9.17) is 27.7 Å². The summed E-state index contributed by atoms with van der Waals surface area (Å²) in [6.45, 7) is 2.35. The van der Waals surface area contributed by atoms with Crippen molar-refractivity contribution in [2.75, 3.05) is 6.54 Å². The predicted molar refractivity (Wildman–Crippen MR) is 88.4 cm³/mol. The molecule has 1 aromatic heterocycles. The van der Waals surface area contributed by atoms with Crippen LogP contribution in [0.5, 0.6) is 0 Å². The molecule has 122 valence electrons. The Morgan fingerprint density at radius 2 is 2.09 bits per heavy atom. The Morgan fingerprint density at radius 3 is 2.78 bits per heavy atom. The van der Waals surface area contributed by atoms with Crippen molar-refractivity contribution in [1.29, 1.82) is 0 Å². The van der Waals surface area contributed by atoms with E-state index in [1.807, 2.05) is 12.1 Å². The number of halogens is 2. The Bertz CT molecular complexity index is 685. The van der Waals surface area contributed by atoms with Gasteiger partial charge in [0.1, 0.15) is 11.4 Å². The lowest BCUT2D eigenvalue weighted by Crippen LogP contribution is -2.41. The van der Waals surface area contributed by atoms with Gasteiger partial charge in [0.2, 0.25) is 17.6 Å². The highest BCUT2D eigenvalue weighted by Crippen LogP contribution is 2.32. The Hall–Kier alpha value is -1.59. The molecule has 0 radical (unpaired) electrons. The van der Waals surface area contributed by atoms with Gasteiger partial charge in [-0.15, -0.1) is 11.6 Å². The highest BCUT2D eigenvalue weighted by Gasteiger charge is 2.33. The summed E-state index contributed by atoms with van der Waals surface area (Å²) in [5.74, 6) is 0.858. The highest BCUT2D eigenvalue weighted by atomic mass is 35.5. The molecule has 1 fully saturated rings. The number of amides is 1. The second kappa shape index (κ2) is 6.89. The normalized spacial score (nSPS) is 19.6. The average molecular weight is 354 g/mol. The van der Waals surface area contributed by atoms with E-state index in [2.05, 4.69) is 10.1 Å². The van der Waals surface area contributed by atoms with E-state index >= 15 is 0 Å². The second-order valence-corrected chi connectivity index (χ2v) is 6.71. The molecular weight excluding hydrogens is 337 g/mol. The quantitative estimate of drug-likeness (QED) is 0.780. The molecule has 0 spiro atoms. The van der Waals surface area contributed by atoms with Crippen LogP contribution in [0.4, 0.5) is 0 Å². The fourth-order valence-electron chi connectivity index (χ4n) is 2.77. The van der Waals surface area contributed by atoms with Gasteiger partial charge >= 0.3 is 0 Å². The Kier molecular flexibility index (Phi) is 4.87. The zero-order valence-corrected chi connectivity index (χ0v) is 14.2. The van der Waals surface area contributed by atoms with Crippen LogP contribution >= 0.6 is 23.2 Å². The van der Waals surface area contributed by atoms with E-state index in [9.17, 15) is 4.79 Å². The van der Waals surface area contributed by atoms with Crippen molar-refractivity contribution in [2.45, 2.75) is 37.6 Å². The molecule has 0 aliphatic carbocycles. The van der Waals surface area contributed by atoms with Crippen LogP contribution in [-0.2, 0) is 4.79 Å². The lowest BCUT2D eigenvalue weighted by molar-refractivity contribution is -0.135. The molecule has 5 nitrogen and oxygen atoms in total. The third-order valence-corrected chi connectivity index (χ3v) is 4.39. The van der Waals surface area contributed by atoms with Crippen LogP contribution in [-0.4, -0.2) is 32.9 Å². The fourth-order valence-corrected chi connectivity index (χ4v) is 3.02. The van der Waals surface area contributed by atoms with Gasteiger partial charge in [-0.1, -0.05) is 16.8 Å². The Morgan fingerprint density at radius 1 is 1.35 bits per heavy atom. The molecule has 2 heterocycles. The highest BCUT2D eigenvalue weighted by molar-refractivity contribution is 6.30. The van der Waals surface area contributed by atoms with Crippen molar-refractivity contribution in [3.05, 3.63) is 35.2 Å². The predicted octanol–water partition coefficient (Wildman–Crippen LogP) is 4.07. The van der Waals surface area contributed by atoms with Crippen molar-refractivity contribution < 1.29 is 9.32 Å². The standard InChI is InChI=1S/C16H17Cl2N3O2/c1-10(17)16(22)21-9-3-2-4-13(21)15-19-14(20-23-15)11-5-7-12(18)8-6-11/h5-8,10,13H,2-4,9H2,1H3/t10-,13+/m1/s1. The van der Waals surface area contributed by atoms with Crippen molar-refractivity contribution in [3.8, 4) is 11.4 Å². The van der Waals surface area contributed by atoms with Crippen molar-refractivity contribution in [2.24, 2.45) is 0 Å². The molecule has 0 saturated carbocycles. The molecule has 1 aliphatic rings. The first-order valence-corrected chi connectivity index (χ1v) is 8.42. The van der Waals surface area contributed by atoms with Gasteiger partial charge in [-0.25, -0.2) is 0 Å². The first-order valence-electron chi connectivity index (χ1n) is 7.60. The van der Waals surface area contributed by atoms with Gasteiger partial charge in [-0.2, -0.15) is 4.98 Å². The van der Waals surface area contributed by atoms with Crippen molar-refractivity contribution >= 4 is 29.1 Å². The minimum absolute atomic E-state index is 0.0948. The molecule has 23 heavy (non-hydrogen) atoms. The molecule has 0 bridgehead atoms. The molecule has 2 aromatic rings. The molecule has 1 aromatic carbocycles. The first-order chi connectivity index (χ1) is 11.1. The summed E-state index contributed by atoms with van der Waals surface area (Å²) in [5.41, 5.74) is 0.823. The van der Waals surface area contributed by atoms with Crippen LogP contribution in [0.2, 0.25) is 5.02 Å². The average Bonchev–Trinajstić information content (AvgIpc) is 3.04. The number of rotatable bonds is 3. The van der Waals surface area contributed by atoms with Crippen LogP contribution < -0.4 is 0 Å². The summed E-state index contributed by atoms with van der Waals surface area (Å²) in [6, 6.07) is 7.02. The maximum Gasteiger partial charge on any atom is 0.249 e. The fraction of sp³-hybridized carbons (Fsp3) is 0.438. The zero-order chi connectivity index (χ0) is 16.4. The third kappa shape index (κ3) is 3.51. The molecule has 1 saturated heterocycles. The number of aromatic nitrogens is 2. The summed E-state index contributed by atoms with van der Waals surface area (Å²) in [7, 11) is 0. The Labute approximate surface area is 144 Å². The van der Waals surface area contributed by atoms with Gasteiger partial charge in [0.05, 0.1) is 0 Å². The number of piperidine rings is 1. The molecule has 0 unspecified atom stereocenters. The van der Waals surface area contributed by atoms with Crippen LogP contribution in [0.1, 0.15) is 38.1 Å². The number of hydrogen-bond acceptors (Lipinski definition) is 4. The maximum absolute atomic E-state index is 12.3. The lowest BCUT2D eigenvalue weighted by Gasteiger charge is -2.34. The molecule has 7 heteroatoms. The zero-order valence-electron chi connectivity index (χ0n) is 12.7. The number of likely N-dealkylation sites (tertiary alicyclic amines) is 1. The molecule has 3 rings (SSSR count). The maximum atomic E-state index is 12.3. The summed E-state index contributed by atoms with van der Waals surface area (Å²) >= 11 is 11.8. The van der Waals surface area contributed by atoms with E-state index < -0.39 is 5.38 Å². The van der Waals surface area contributed by atoms with Crippen LogP contribution in [0.15, 0.2) is 28.8 Å². The van der Waals surface area contributed by atoms with Crippen LogP contribution in [0.3, 0.4) is 0 Å². The number of benzene rings is 1. The van der Waals surface area contributed by atoms with Gasteiger partial charge in [0.25, 0.3) is 0 Å².